The highest BCUT2D eigenvalue weighted by Gasteiger charge is 2.38. The summed E-state index contributed by atoms with van der Waals surface area (Å²) in [6.45, 7) is 6.00. The summed E-state index contributed by atoms with van der Waals surface area (Å²) >= 11 is 0. The maximum absolute atomic E-state index is 10.6. The Morgan fingerprint density at radius 1 is 1.11 bits per heavy atom. The fraction of sp³-hybridized carbons (Fsp3) is 0.250. The molecule has 0 aromatic carbocycles. The lowest BCUT2D eigenvalue weighted by molar-refractivity contribution is -0.192. The van der Waals surface area contributed by atoms with Gasteiger partial charge in [0.05, 0.1) is 6.54 Å². The van der Waals surface area contributed by atoms with Crippen LogP contribution in [0.25, 0.3) is 0 Å². The molecular weight excluding hydrogens is 259 g/mol. The first-order valence-electron chi connectivity index (χ1n) is 3.92. The van der Waals surface area contributed by atoms with Gasteiger partial charge in [0.2, 0.25) is 0 Å². The van der Waals surface area contributed by atoms with E-state index in [1.54, 1.807) is 0 Å². The van der Waals surface area contributed by atoms with Crippen LogP contribution in [0.5, 0.6) is 0 Å². The van der Waals surface area contributed by atoms with Crippen molar-refractivity contribution in [2.24, 2.45) is 17.2 Å². The van der Waals surface area contributed by atoms with Crippen LogP contribution in [0.1, 0.15) is 0 Å². The Hall–Kier alpha value is -2.23. The molecule has 0 aromatic heterocycles. The Balaban J connectivity index is -0.0000000784. The minimum atomic E-state index is -5.08. The van der Waals surface area contributed by atoms with Crippen LogP contribution in [0.4, 0.5) is 13.2 Å². The van der Waals surface area contributed by atoms with Crippen molar-refractivity contribution in [2.45, 2.75) is 6.18 Å². The molecule has 0 aliphatic carbocycles. The van der Waals surface area contributed by atoms with E-state index in [9.17, 15) is 18.0 Å². The first-order chi connectivity index (χ1) is 8.04. The van der Waals surface area contributed by atoms with Crippen LogP contribution in [0.2, 0.25) is 0 Å². The predicted molar refractivity (Wildman–Crippen MR) is 59.1 cm³/mol. The summed E-state index contributed by atoms with van der Waals surface area (Å²) < 4.78 is 31.7. The molecule has 0 unspecified atom stereocenters. The van der Waals surface area contributed by atoms with Gasteiger partial charge in [-0.2, -0.15) is 13.2 Å². The van der Waals surface area contributed by atoms with E-state index in [2.05, 4.69) is 30.4 Å². The Kier molecular flexibility index (Phi) is 23.7. The van der Waals surface area contributed by atoms with Gasteiger partial charge in [0.15, 0.2) is 0 Å². The van der Waals surface area contributed by atoms with Gasteiger partial charge in [-0.3, -0.25) is 4.79 Å². The number of halogens is 3. The molecule has 0 aliphatic rings. The number of carboxylic acid groups (broad SMARTS) is 2. The molecule has 0 heterocycles. The fourth-order valence-electron chi connectivity index (χ4n) is 0. The topological polar surface area (TPSA) is 153 Å². The molecule has 8 N–H and O–H groups in total. The zero-order valence-electron chi connectivity index (χ0n) is 9.35. The van der Waals surface area contributed by atoms with Crippen molar-refractivity contribution in [2.75, 3.05) is 6.54 Å². The van der Waals surface area contributed by atoms with Crippen molar-refractivity contribution in [3.8, 4) is 0 Å². The van der Waals surface area contributed by atoms with Crippen LogP contribution in [0.15, 0.2) is 25.6 Å². The quantitative estimate of drug-likeness (QED) is 0.445. The minimum absolute atomic E-state index is 0.278. The molecule has 0 fully saturated rings. The molecule has 0 aromatic rings. The van der Waals surface area contributed by atoms with E-state index in [0.717, 1.165) is 0 Å². The number of nitrogens with two attached hydrogens (primary N) is 3. The van der Waals surface area contributed by atoms with Gasteiger partial charge in [-0.1, -0.05) is 13.2 Å². The number of rotatable bonds is 1. The zero-order chi connectivity index (χ0) is 15.8. The van der Waals surface area contributed by atoms with Crippen LogP contribution in [-0.4, -0.2) is 34.9 Å². The highest BCUT2D eigenvalue weighted by molar-refractivity contribution is 5.73. The zero-order valence-corrected chi connectivity index (χ0v) is 9.35. The molecule has 108 valence electrons. The number of alkyl halides is 3. The molecule has 0 spiro atoms. The Morgan fingerprint density at radius 3 is 1.22 bits per heavy atom. The highest BCUT2D eigenvalue weighted by Crippen LogP contribution is 2.13. The van der Waals surface area contributed by atoms with Crippen molar-refractivity contribution in [3.05, 3.63) is 25.6 Å². The van der Waals surface area contributed by atoms with E-state index in [0.29, 0.717) is 0 Å². The lowest BCUT2D eigenvalue weighted by Crippen LogP contribution is -2.21. The van der Waals surface area contributed by atoms with Gasteiger partial charge in [0.1, 0.15) is 0 Å². The van der Waals surface area contributed by atoms with Crippen molar-refractivity contribution in [3.63, 3.8) is 0 Å². The van der Waals surface area contributed by atoms with Crippen molar-refractivity contribution >= 4 is 11.9 Å². The van der Waals surface area contributed by atoms with Crippen LogP contribution in [0, 0.1) is 0 Å². The summed E-state index contributed by atoms with van der Waals surface area (Å²) in [6, 6.07) is 0. The molecule has 18 heavy (non-hydrogen) atoms. The third-order valence-electron chi connectivity index (χ3n) is 0.417. The van der Waals surface area contributed by atoms with Crippen molar-refractivity contribution < 1.29 is 33.0 Å². The summed E-state index contributed by atoms with van der Waals surface area (Å²) in [4.78, 5) is 18.1. The normalized spacial score (nSPS) is 7.78. The van der Waals surface area contributed by atoms with E-state index in [-0.39, 0.29) is 6.54 Å². The SMILES string of the molecule is C=CN.C=CN.NCC(=O)O.O=C(O)C(F)(F)F. The second-order valence-corrected chi connectivity index (χ2v) is 1.87. The standard InChI is InChI=1S/C2HF3O2.C2H5NO2.2C2H5N/c3-2(4,5)1(6)7;3-1-2(4)5;2*1-2-3/h(H,6,7);1,3H2,(H,4,5);2*2H,1,3H2. The summed E-state index contributed by atoms with van der Waals surface area (Å²) in [5.74, 6) is -3.72. The minimum Gasteiger partial charge on any atom is -0.480 e. The molecule has 0 rings (SSSR count). The van der Waals surface area contributed by atoms with Gasteiger partial charge in [-0.15, -0.1) is 0 Å². The van der Waals surface area contributed by atoms with Gasteiger partial charge in [-0.25, -0.2) is 4.79 Å². The lowest BCUT2D eigenvalue weighted by Gasteiger charge is -1.93. The van der Waals surface area contributed by atoms with E-state index in [1.165, 1.54) is 12.4 Å². The second-order valence-electron chi connectivity index (χ2n) is 1.87. The van der Waals surface area contributed by atoms with Gasteiger partial charge < -0.3 is 27.4 Å². The average molecular weight is 275 g/mol. The van der Waals surface area contributed by atoms with E-state index in [1.807, 2.05) is 0 Å². The van der Waals surface area contributed by atoms with E-state index < -0.39 is 18.1 Å². The maximum atomic E-state index is 10.6. The summed E-state index contributed by atoms with van der Waals surface area (Å²) in [5, 5.41) is 14.7. The number of hydrogen-bond acceptors (Lipinski definition) is 5. The number of aliphatic carboxylic acids is 2. The molecular formula is C8H16F3N3O4. The van der Waals surface area contributed by atoms with Crippen molar-refractivity contribution in [1.82, 2.24) is 0 Å². The van der Waals surface area contributed by atoms with Crippen LogP contribution in [-0.2, 0) is 9.59 Å². The largest absolute Gasteiger partial charge is 0.490 e. The molecule has 0 saturated carbocycles. The highest BCUT2D eigenvalue weighted by atomic mass is 19.4. The number of carboxylic acids is 2. The smallest absolute Gasteiger partial charge is 0.480 e. The predicted octanol–water partition coefficient (Wildman–Crippen LogP) is -0.160. The molecule has 0 amide bonds. The summed E-state index contributed by atoms with van der Waals surface area (Å²) in [7, 11) is 0. The monoisotopic (exact) mass is 275 g/mol. The Morgan fingerprint density at radius 2 is 1.22 bits per heavy atom. The molecule has 0 atom stereocenters. The van der Waals surface area contributed by atoms with Gasteiger partial charge >= 0.3 is 18.1 Å². The maximum Gasteiger partial charge on any atom is 0.490 e. The molecule has 0 radical (unpaired) electrons. The lowest BCUT2D eigenvalue weighted by atomic mass is 10.7. The van der Waals surface area contributed by atoms with Gasteiger partial charge in [0.25, 0.3) is 0 Å². The molecule has 7 nitrogen and oxygen atoms in total. The van der Waals surface area contributed by atoms with Crippen molar-refractivity contribution in [1.29, 1.82) is 0 Å². The third-order valence-corrected chi connectivity index (χ3v) is 0.417. The van der Waals surface area contributed by atoms with Gasteiger partial charge in [0, 0.05) is 0 Å². The van der Waals surface area contributed by atoms with Crippen LogP contribution < -0.4 is 17.2 Å². The van der Waals surface area contributed by atoms with Crippen LogP contribution in [0.3, 0.4) is 0 Å². The number of hydrogen-bond donors (Lipinski definition) is 5. The fourth-order valence-corrected chi connectivity index (χ4v) is 0. The first-order valence-corrected chi connectivity index (χ1v) is 3.92. The third kappa shape index (κ3) is 67.4. The van der Waals surface area contributed by atoms with Gasteiger partial charge in [-0.05, 0) is 12.4 Å². The molecule has 0 aliphatic heterocycles. The van der Waals surface area contributed by atoms with Crippen LogP contribution >= 0.6 is 0 Å². The Labute approximate surface area is 101 Å². The molecule has 0 saturated heterocycles. The summed E-state index contributed by atoms with van der Waals surface area (Å²) in [6.07, 6.45) is -2.58. The molecule has 10 heteroatoms. The molecule has 0 bridgehead atoms. The summed E-state index contributed by atoms with van der Waals surface area (Å²) in [5.41, 5.74) is 13.8. The number of carbonyl (C=O) groups is 2. The van der Waals surface area contributed by atoms with E-state index in [4.69, 9.17) is 15.0 Å². The second kappa shape index (κ2) is 17.2. The first kappa shape index (κ1) is 24.8. The Bertz CT molecular complexity index is 238. The van der Waals surface area contributed by atoms with E-state index >= 15 is 0 Å². The average Bonchev–Trinajstić information content (AvgIpc) is 2.19.